The van der Waals surface area contributed by atoms with Crippen molar-refractivity contribution in [3.63, 3.8) is 0 Å². The van der Waals surface area contributed by atoms with Gasteiger partial charge in [0.1, 0.15) is 0 Å². The van der Waals surface area contributed by atoms with Gasteiger partial charge in [0.15, 0.2) is 0 Å². The molecule has 106 valence electrons. The summed E-state index contributed by atoms with van der Waals surface area (Å²) < 4.78 is 6.38. The summed E-state index contributed by atoms with van der Waals surface area (Å²) in [6.45, 7) is 4.57. The molecule has 0 bridgehead atoms. The molecule has 0 aromatic heterocycles. The Hall–Kier alpha value is -0.580. The van der Waals surface area contributed by atoms with Crippen molar-refractivity contribution in [2.45, 2.75) is 32.4 Å². The second-order valence-corrected chi connectivity index (χ2v) is 6.11. The SMILES string of the molecule is COCCN(c1ccc(CN)cc1Br)C(C)C1CC1. The van der Waals surface area contributed by atoms with Gasteiger partial charge in [0.2, 0.25) is 0 Å². The van der Waals surface area contributed by atoms with Gasteiger partial charge in [0, 0.05) is 30.7 Å². The van der Waals surface area contributed by atoms with Gasteiger partial charge >= 0.3 is 0 Å². The Morgan fingerprint density at radius 2 is 2.21 bits per heavy atom. The van der Waals surface area contributed by atoms with E-state index < -0.39 is 0 Å². The largest absolute Gasteiger partial charge is 0.383 e. The molecule has 3 nitrogen and oxygen atoms in total. The van der Waals surface area contributed by atoms with E-state index in [4.69, 9.17) is 10.5 Å². The maximum absolute atomic E-state index is 5.69. The van der Waals surface area contributed by atoms with Crippen molar-refractivity contribution in [3.05, 3.63) is 28.2 Å². The van der Waals surface area contributed by atoms with Crippen molar-refractivity contribution in [1.82, 2.24) is 0 Å². The Kier molecular flexibility index (Phi) is 5.25. The summed E-state index contributed by atoms with van der Waals surface area (Å²) in [6.07, 6.45) is 2.70. The molecule has 1 atom stereocenters. The molecule has 0 spiro atoms. The zero-order valence-electron chi connectivity index (χ0n) is 11.7. The highest BCUT2D eigenvalue weighted by Gasteiger charge is 2.32. The molecule has 1 aliphatic rings. The first-order chi connectivity index (χ1) is 9.17. The lowest BCUT2D eigenvalue weighted by molar-refractivity contribution is 0.202. The van der Waals surface area contributed by atoms with Gasteiger partial charge in [-0.15, -0.1) is 0 Å². The van der Waals surface area contributed by atoms with E-state index in [0.717, 1.165) is 29.1 Å². The number of methoxy groups -OCH3 is 1. The van der Waals surface area contributed by atoms with Crippen LogP contribution in [0.1, 0.15) is 25.3 Å². The smallest absolute Gasteiger partial charge is 0.0637 e. The van der Waals surface area contributed by atoms with Crippen LogP contribution in [0.3, 0.4) is 0 Å². The van der Waals surface area contributed by atoms with Crippen LogP contribution in [0.2, 0.25) is 0 Å². The maximum Gasteiger partial charge on any atom is 0.0637 e. The van der Waals surface area contributed by atoms with Gasteiger partial charge in [-0.3, -0.25) is 0 Å². The number of hydrogen-bond acceptors (Lipinski definition) is 3. The molecule has 2 rings (SSSR count). The first kappa shape index (κ1) is 14.8. The lowest BCUT2D eigenvalue weighted by Crippen LogP contribution is -2.37. The van der Waals surface area contributed by atoms with Gasteiger partial charge in [0.05, 0.1) is 12.3 Å². The molecule has 0 radical (unpaired) electrons. The van der Waals surface area contributed by atoms with Gasteiger partial charge in [0.25, 0.3) is 0 Å². The van der Waals surface area contributed by atoms with Gasteiger partial charge in [-0.25, -0.2) is 0 Å². The van der Waals surface area contributed by atoms with Crippen LogP contribution in [0.5, 0.6) is 0 Å². The van der Waals surface area contributed by atoms with Crippen LogP contribution < -0.4 is 10.6 Å². The molecule has 0 aliphatic heterocycles. The normalized spacial score (nSPS) is 16.4. The fraction of sp³-hybridized carbons (Fsp3) is 0.600. The molecule has 0 amide bonds. The number of hydrogen-bond donors (Lipinski definition) is 1. The Morgan fingerprint density at radius 3 is 2.74 bits per heavy atom. The number of nitrogens with two attached hydrogens (primary N) is 1. The lowest BCUT2D eigenvalue weighted by Gasteiger charge is -2.32. The van der Waals surface area contributed by atoms with Crippen LogP contribution in [0.4, 0.5) is 5.69 Å². The number of halogens is 1. The van der Waals surface area contributed by atoms with E-state index in [0.29, 0.717) is 12.6 Å². The van der Waals surface area contributed by atoms with Gasteiger partial charge < -0.3 is 15.4 Å². The van der Waals surface area contributed by atoms with Crippen LogP contribution in [-0.2, 0) is 11.3 Å². The number of benzene rings is 1. The highest BCUT2D eigenvalue weighted by atomic mass is 79.9. The molecule has 19 heavy (non-hydrogen) atoms. The standard InChI is InChI=1S/C15H23BrN2O/c1-11(13-4-5-13)18(7-8-19-2)15-6-3-12(10-17)9-14(15)16/h3,6,9,11,13H,4-5,7-8,10,17H2,1-2H3. The molecular formula is C15H23BrN2O. The molecule has 1 aromatic rings. The summed E-state index contributed by atoms with van der Waals surface area (Å²) in [5.41, 5.74) is 8.09. The van der Waals surface area contributed by atoms with Gasteiger partial charge in [-0.2, -0.15) is 0 Å². The van der Waals surface area contributed by atoms with Crippen LogP contribution in [0, 0.1) is 5.92 Å². The third-order valence-corrected chi connectivity index (χ3v) is 4.52. The summed E-state index contributed by atoms with van der Waals surface area (Å²) in [6, 6.07) is 6.96. The van der Waals surface area contributed by atoms with E-state index in [1.165, 1.54) is 18.5 Å². The number of ether oxygens (including phenoxy) is 1. The van der Waals surface area contributed by atoms with Gasteiger partial charge in [-0.05, 0) is 59.3 Å². The monoisotopic (exact) mass is 326 g/mol. The molecule has 1 saturated carbocycles. The Balaban J connectivity index is 2.20. The van der Waals surface area contributed by atoms with Gasteiger partial charge in [-0.1, -0.05) is 6.07 Å². The minimum Gasteiger partial charge on any atom is -0.383 e. The molecule has 1 aromatic carbocycles. The number of rotatable bonds is 7. The van der Waals surface area contributed by atoms with Crippen molar-refractivity contribution in [2.24, 2.45) is 11.7 Å². The maximum atomic E-state index is 5.69. The minimum absolute atomic E-state index is 0.565. The number of nitrogens with zero attached hydrogens (tertiary/aromatic N) is 1. The van der Waals surface area contributed by atoms with Crippen molar-refractivity contribution >= 4 is 21.6 Å². The zero-order chi connectivity index (χ0) is 13.8. The van der Waals surface area contributed by atoms with Crippen molar-refractivity contribution in [2.75, 3.05) is 25.2 Å². The average Bonchev–Trinajstić information content (AvgIpc) is 3.24. The summed E-state index contributed by atoms with van der Waals surface area (Å²) in [5.74, 6) is 0.831. The van der Waals surface area contributed by atoms with Crippen molar-refractivity contribution in [1.29, 1.82) is 0 Å². The Morgan fingerprint density at radius 1 is 1.47 bits per heavy atom. The van der Waals surface area contributed by atoms with E-state index in [2.05, 4.69) is 46.0 Å². The lowest BCUT2D eigenvalue weighted by atomic mass is 10.1. The molecule has 2 N–H and O–H groups in total. The summed E-state index contributed by atoms with van der Waals surface area (Å²) in [5, 5.41) is 0. The highest BCUT2D eigenvalue weighted by Crippen LogP contribution is 2.38. The second-order valence-electron chi connectivity index (χ2n) is 5.25. The average molecular weight is 327 g/mol. The first-order valence-electron chi connectivity index (χ1n) is 6.91. The molecule has 1 aliphatic carbocycles. The fourth-order valence-corrected chi connectivity index (χ4v) is 3.13. The molecule has 1 fully saturated rings. The molecule has 0 heterocycles. The topological polar surface area (TPSA) is 38.5 Å². The van der Waals surface area contributed by atoms with Crippen LogP contribution >= 0.6 is 15.9 Å². The fourth-order valence-electron chi connectivity index (χ4n) is 2.48. The van der Waals surface area contributed by atoms with Crippen molar-refractivity contribution < 1.29 is 4.74 Å². The number of anilines is 1. The Bertz CT molecular complexity index is 421. The van der Waals surface area contributed by atoms with E-state index >= 15 is 0 Å². The third kappa shape index (κ3) is 3.71. The third-order valence-electron chi connectivity index (χ3n) is 3.89. The molecule has 0 saturated heterocycles. The summed E-state index contributed by atoms with van der Waals surface area (Å²) in [7, 11) is 1.76. The van der Waals surface area contributed by atoms with E-state index in [9.17, 15) is 0 Å². The minimum atomic E-state index is 0.565. The quantitative estimate of drug-likeness (QED) is 0.836. The van der Waals surface area contributed by atoms with Crippen molar-refractivity contribution in [3.8, 4) is 0 Å². The summed E-state index contributed by atoms with van der Waals surface area (Å²) in [4.78, 5) is 2.45. The molecule has 1 unspecified atom stereocenters. The predicted molar refractivity (Wildman–Crippen MR) is 83.4 cm³/mol. The zero-order valence-corrected chi connectivity index (χ0v) is 13.3. The second kappa shape index (κ2) is 6.73. The van der Waals surface area contributed by atoms with E-state index in [1.54, 1.807) is 7.11 Å². The van der Waals surface area contributed by atoms with Crippen LogP contribution in [0.25, 0.3) is 0 Å². The molecule has 4 heteroatoms. The molecular weight excluding hydrogens is 304 g/mol. The highest BCUT2D eigenvalue weighted by molar-refractivity contribution is 9.10. The Labute approximate surface area is 124 Å². The summed E-state index contributed by atoms with van der Waals surface area (Å²) >= 11 is 3.68. The van der Waals surface area contributed by atoms with Crippen LogP contribution in [0.15, 0.2) is 22.7 Å². The van der Waals surface area contributed by atoms with Crippen LogP contribution in [-0.4, -0.2) is 26.3 Å². The van der Waals surface area contributed by atoms with E-state index in [-0.39, 0.29) is 0 Å². The predicted octanol–water partition coefficient (Wildman–Crippen LogP) is 3.16. The van der Waals surface area contributed by atoms with E-state index in [1.807, 2.05) is 0 Å². The first-order valence-corrected chi connectivity index (χ1v) is 7.70.